The predicted octanol–water partition coefficient (Wildman–Crippen LogP) is 2.80. The predicted molar refractivity (Wildman–Crippen MR) is 117 cm³/mol. The van der Waals surface area contributed by atoms with Gasteiger partial charge in [-0.2, -0.15) is 0 Å². The first-order valence-corrected chi connectivity index (χ1v) is 10.0. The van der Waals surface area contributed by atoms with Crippen LogP contribution in [0.4, 0.5) is 0 Å². The molecule has 0 aliphatic carbocycles. The lowest BCUT2D eigenvalue weighted by Crippen LogP contribution is -2.30. The van der Waals surface area contributed by atoms with Gasteiger partial charge in [0.1, 0.15) is 11.5 Å². The first-order chi connectivity index (χ1) is 14.6. The number of para-hydroxylation sites is 1. The topological polar surface area (TPSA) is 95.6 Å². The Hall–Kier alpha value is -3.16. The number of hydrogen-bond acceptors (Lipinski definition) is 5. The third kappa shape index (κ3) is 5.68. The largest absolute Gasteiger partial charge is 0.457 e. The Morgan fingerprint density at radius 3 is 2.63 bits per heavy atom. The van der Waals surface area contributed by atoms with E-state index in [4.69, 9.17) is 15.2 Å². The number of nitrogens with two attached hydrogens (primary N) is 1. The molecule has 7 nitrogen and oxygen atoms in total. The highest BCUT2D eigenvalue weighted by atomic mass is 16.5. The molecule has 30 heavy (non-hydrogen) atoms. The maximum Gasteiger partial charge on any atom is 0.255 e. The number of nitrogens with zero attached hydrogens (tertiary/aromatic N) is 1. The molecule has 2 aromatic carbocycles. The molecule has 0 unspecified atom stereocenters. The number of hydrogen-bond donors (Lipinski definition) is 2. The molecule has 3 aromatic rings. The second-order valence-electron chi connectivity index (χ2n) is 6.85. The molecule has 0 saturated heterocycles. The molecule has 3 N–H and O–H groups in total. The Morgan fingerprint density at radius 1 is 1.10 bits per heavy atom. The molecule has 1 aromatic heterocycles. The number of fused-ring (bicyclic) bond motifs is 1. The van der Waals surface area contributed by atoms with Crippen LogP contribution in [0.15, 0.2) is 59.4 Å². The van der Waals surface area contributed by atoms with Crippen LogP contribution in [0.25, 0.3) is 10.9 Å². The van der Waals surface area contributed by atoms with Gasteiger partial charge in [0.25, 0.3) is 5.56 Å². The van der Waals surface area contributed by atoms with E-state index in [0.29, 0.717) is 44.2 Å². The van der Waals surface area contributed by atoms with Crippen LogP contribution in [0, 0.1) is 0 Å². The molecule has 7 heteroatoms. The van der Waals surface area contributed by atoms with Crippen LogP contribution in [0.5, 0.6) is 11.5 Å². The minimum absolute atomic E-state index is 0.0920. The molecule has 0 fully saturated rings. The van der Waals surface area contributed by atoms with E-state index in [1.54, 1.807) is 4.57 Å². The van der Waals surface area contributed by atoms with Gasteiger partial charge >= 0.3 is 0 Å². The summed E-state index contributed by atoms with van der Waals surface area (Å²) in [5.74, 6) is 1.02. The molecule has 1 heterocycles. The van der Waals surface area contributed by atoms with Crippen molar-refractivity contribution in [3.05, 3.63) is 70.5 Å². The standard InChI is InChI=1S/C23H27N3O4/c1-2-29-13-12-26-21-15-20(30-19-6-4-3-5-7-19)9-8-17(21)14-18(23(26)28)16-25-11-10-22(24)27/h3-9,14-15,25H,2,10-13,16H2,1H3,(H2,24,27). The van der Waals surface area contributed by atoms with Gasteiger partial charge in [0.05, 0.1) is 12.1 Å². The summed E-state index contributed by atoms with van der Waals surface area (Å²) in [4.78, 5) is 24.0. The van der Waals surface area contributed by atoms with Crippen LogP contribution < -0.4 is 21.3 Å². The summed E-state index contributed by atoms with van der Waals surface area (Å²) in [7, 11) is 0. The highest BCUT2D eigenvalue weighted by molar-refractivity contribution is 5.81. The molecule has 3 rings (SSSR count). The summed E-state index contributed by atoms with van der Waals surface area (Å²) in [6, 6.07) is 17.1. The van der Waals surface area contributed by atoms with Crippen molar-refractivity contribution < 1.29 is 14.3 Å². The van der Waals surface area contributed by atoms with Crippen LogP contribution in [0.2, 0.25) is 0 Å². The summed E-state index contributed by atoms with van der Waals surface area (Å²) < 4.78 is 13.1. The number of nitrogens with one attached hydrogen (secondary N) is 1. The Kier molecular flexibility index (Phi) is 7.59. The van der Waals surface area contributed by atoms with Crippen LogP contribution >= 0.6 is 0 Å². The minimum atomic E-state index is -0.374. The zero-order valence-electron chi connectivity index (χ0n) is 17.1. The molecule has 158 valence electrons. The van der Waals surface area contributed by atoms with Gasteiger partial charge in [-0.3, -0.25) is 9.59 Å². The first kappa shape index (κ1) is 21.5. The summed E-state index contributed by atoms with van der Waals surface area (Å²) in [6.45, 7) is 4.17. The quantitative estimate of drug-likeness (QED) is 0.475. The SMILES string of the molecule is CCOCCn1c(=O)c(CNCCC(N)=O)cc2ccc(Oc3ccccc3)cc21. The Balaban J connectivity index is 1.92. The van der Waals surface area contributed by atoms with Crippen LogP contribution in [-0.4, -0.2) is 30.2 Å². The van der Waals surface area contributed by atoms with Crippen molar-refractivity contribution in [3.8, 4) is 11.5 Å². The number of rotatable bonds is 11. The average molecular weight is 409 g/mol. The number of pyridine rings is 1. The second-order valence-corrected chi connectivity index (χ2v) is 6.85. The lowest BCUT2D eigenvalue weighted by atomic mass is 10.1. The van der Waals surface area contributed by atoms with Gasteiger partial charge in [-0.15, -0.1) is 0 Å². The van der Waals surface area contributed by atoms with Gasteiger partial charge in [-0.05, 0) is 42.6 Å². The number of benzene rings is 2. The van der Waals surface area contributed by atoms with E-state index >= 15 is 0 Å². The van der Waals surface area contributed by atoms with Crippen LogP contribution in [-0.2, 0) is 22.6 Å². The third-order valence-corrected chi connectivity index (χ3v) is 4.65. The maximum absolute atomic E-state index is 13.1. The van der Waals surface area contributed by atoms with Gasteiger partial charge in [0.15, 0.2) is 0 Å². The van der Waals surface area contributed by atoms with Gasteiger partial charge in [-0.1, -0.05) is 18.2 Å². The van der Waals surface area contributed by atoms with Crippen LogP contribution in [0.1, 0.15) is 18.9 Å². The summed E-state index contributed by atoms with van der Waals surface area (Å²) in [5, 5.41) is 4.04. The summed E-state index contributed by atoms with van der Waals surface area (Å²) >= 11 is 0. The van der Waals surface area contributed by atoms with E-state index in [-0.39, 0.29) is 17.9 Å². The molecular weight excluding hydrogens is 382 g/mol. The number of amides is 1. The number of primary amides is 1. The monoisotopic (exact) mass is 409 g/mol. The summed E-state index contributed by atoms with van der Waals surface area (Å²) in [5.41, 5.74) is 6.49. The number of ether oxygens (including phenoxy) is 2. The Morgan fingerprint density at radius 2 is 1.90 bits per heavy atom. The van der Waals surface area contributed by atoms with Crippen molar-refractivity contribution in [2.24, 2.45) is 5.73 Å². The zero-order valence-corrected chi connectivity index (χ0v) is 17.1. The van der Waals surface area contributed by atoms with E-state index in [9.17, 15) is 9.59 Å². The van der Waals surface area contributed by atoms with E-state index in [2.05, 4.69) is 5.32 Å². The molecule has 0 radical (unpaired) electrons. The lowest BCUT2D eigenvalue weighted by molar-refractivity contribution is -0.117. The Labute approximate surface area is 175 Å². The van der Waals surface area contributed by atoms with Gasteiger partial charge in [0.2, 0.25) is 5.91 Å². The fourth-order valence-corrected chi connectivity index (χ4v) is 3.18. The molecule has 0 aliphatic heterocycles. The highest BCUT2D eigenvalue weighted by Crippen LogP contribution is 2.25. The lowest BCUT2D eigenvalue weighted by Gasteiger charge is -2.15. The van der Waals surface area contributed by atoms with Crippen molar-refractivity contribution in [2.75, 3.05) is 19.8 Å². The number of carbonyl (C=O) groups excluding carboxylic acids is 1. The molecule has 0 bridgehead atoms. The van der Waals surface area contributed by atoms with Crippen molar-refractivity contribution in [1.29, 1.82) is 0 Å². The van der Waals surface area contributed by atoms with Crippen LogP contribution in [0.3, 0.4) is 0 Å². The van der Waals surface area contributed by atoms with E-state index in [1.807, 2.05) is 61.5 Å². The number of carbonyl (C=O) groups is 1. The summed E-state index contributed by atoms with van der Waals surface area (Å²) in [6.07, 6.45) is 0.228. The maximum atomic E-state index is 13.1. The molecule has 0 aliphatic rings. The normalized spacial score (nSPS) is 11.0. The van der Waals surface area contributed by atoms with Crippen molar-refractivity contribution in [1.82, 2.24) is 9.88 Å². The molecule has 1 amide bonds. The van der Waals surface area contributed by atoms with Crippen molar-refractivity contribution in [3.63, 3.8) is 0 Å². The average Bonchev–Trinajstić information content (AvgIpc) is 2.74. The minimum Gasteiger partial charge on any atom is -0.457 e. The van der Waals surface area contributed by atoms with E-state index < -0.39 is 0 Å². The molecular formula is C23H27N3O4. The highest BCUT2D eigenvalue weighted by Gasteiger charge is 2.11. The fraction of sp³-hybridized carbons (Fsp3) is 0.304. The van der Waals surface area contributed by atoms with E-state index in [1.165, 1.54) is 0 Å². The third-order valence-electron chi connectivity index (χ3n) is 4.65. The first-order valence-electron chi connectivity index (χ1n) is 10.0. The van der Waals surface area contributed by atoms with Gasteiger partial charge in [0, 0.05) is 44.3 Å². The van der Waals surface area contributed by atoms with E-state index in [0.717, 1.165) is 16.7 Å². The zero-order chi connectivity index (χ0) is 21.3. The van der Waals surface area contributed by atoms with Crippen molar-refractivity contribution in [2.45, 2.75) is 26.4 Å². The molecule has 0 atom stereocenters. The van der Waals surface area contributed by atoms with Crippen molar-refractivity contribution >= 4 is 16.8 Å². The Bertz CT molecular complexity index is 1050. The molecule has 0 spiro atoms. The van der Waals surface area contributed by atoms with Gasteiger partial charge in [-0.25, -0.2) is 0 Å². The second kappa shape index (κ2) is 10.6. The fourth-order valence-electron chi connectivity index (χ4n) is 3.18. The smallest absolute Gasteiger partial charge is 0.255 e. The molecule has 0 saturated carbocycles. The number of aromatic nitrogens is 1. The van der Waals surface area contributed by atoms with Gasteiger partial charge < -0.3 is 25.1 Å².